The Kier molecular flexibility index (Phi) is 4.55. The fraction of sp³-hybridized carbons (Fsp3) is 0.231. The molecule has 1 aromatic heterocycles. The highest BCUT2D eigenvalue weighted by atomic mass is 79.9. The van der Waals surface area contributed by atoms with Crippen molar-refractivity contribution in [1.82, 2.24) is 0 Å². The molecular weight excluding hydrogens is 328 g/mol. The van der Waals surface area contributed by atoms with E-state index in [2.05, 4.69) is 34.2 Å². The molecule has 0 amide bonds. The Bertz CT molecular complexity index is 598. The molecule has 2 aromatic rings. The van der Waals surface area contributed by atoms with Gasteiger partial charge in [0.2, 0.25) is 0 Å². The number of halogens is 1. The normalized spacial score (nSPS) is 10.4. The van der Waals surface area contributed by atoms with Gasteiger partial charge in [-0.15, -0.1) is 11.3 Å². The van der Waals surface area contributed by atoms with Gasteiger partial charge in [0.15, 0.2) is 0 Å². The minimum atomic E-state index is -0.371. The van der Waals surface area contributed by atoms with Crippen LogP contribution in [0.4, 0.5) is 11.4 Å². The monoisotopic (exact) mass is 340 g/mol. The van der Waals surface area contributed by atoms with Gasteiger partial charge < -0.3 is 5.32 Å². The average Bonchev–Trinajstić information content (AvgIpc) is 2.83. The SMILES string of the molecule is CCc1ccsc1CNc1cc(Br)ccc1[N+](=O)[O-]. The van der Waals surface area contributed by atoms with Crippen LogP contribution >= 0.6 is 27.3 Å². The van der Waals surface area contributed by atoms with Gasteiger partial charge in [-0.2, -0.15) is 0 Å². The Hall–Kier alpha value is -1.40. The lowest BCUT2D eigenvalue weighted by molar-refractivity contribution is -0.384. The first-order chi connectivity index (χ1) is 9.11. The predicted octanol–water partition coefficient (Wildman–Crippen LogP) is 4.59. The van der Waals surface area contributed by atoms with Crippen molar-refractivity contribution < 1.29 is 4.92 Å². The van der Waals surface area contributed by atoms with E-state index in [1.54, 1.807) is 23.5 Å². The molecule has 0 radical (unpaired) electrons. The number of nitrogens with one attached hydrogen (secondary N) is 1. The van der Waals surface area contributed by atoms with Crippen LogP contribution in [0.25, 0.3) is 0 Å². The Balaban J connectivity index is 2.19. The Morgan fingerprint density at radius 3 is 2.89 bits per heavy atom. The summed E-state index contributed by atoms with van der Waals surface area (Å²) in [4.78, 5) is 11.8. The Labute approximate surface area is 123 Å². The highest BCUT2D eigenvalue weighted by Crippen LogP contribution is 2.29. The summed E-state index contributed by atoms with van der Waals surface area (Å²) in [6, 6.07) is 7.00. The second-order valence-corrected chi connectivity index (χ2v) is 5.91. The molecule has 0 aliphatic rings. The van der Waals surface area contributed by atoms with Crippen molar-refractivity contribution in [2.24, 2.45) is 0 Å². The molecule has 1 N–H and O–H groups in total. The van der Waals surface area contributed by atoms with Crippen molar-refractivity contribution in [2.75, 3.05) is 5.32 Å². The fourth-order valence-corrected chi connectivity index (χ4v) is 3.10. The van der Waals surface area contributed by atoms with Gasteiger partial charge in [-0.25, -0.2) is 0 Å². The summed E-state index contributed by atoms with van der Waals surface area (Å²) < 4.78 is 0.822. The standard InChI is InChI=1S/C13H13BrN2O2S/c1-2-9-5-6-19-13(9)8-15-11-7-10(14)3-4-12(11)16(17)18/h3-7,15H,2,8H2,1H3. The summed E-state index contributed by atoms with van der Waals surface area (Å²) in [5.74, 6) is 0. The molecule has 6 heteroatoms. The van der Waals surface area contributed by atoms with Gasteiger partial charge in [0, 0.05) is 22.0 Å². The molecule has 19 heavy (non-hydrogen) atoms. The number of hydrogen-bond donors (Lipinski definition) is 1. The van der Waals surface area contributed by atoms with E-state index in [1.165, 1.54) is 16.5 Å². The van der Waals surface area contributed by atoms with Crippen LogP contribution in [0.1, 0.15) is 17.4 Å². The molecule has 0 aliphatic heterocycles. The maximum Gasteiger partial charge on any atom is 0.292 e. The molecule has 0 unspecified atom stereocenters. The maximum absolute atomic E-state index is 11.0. The summed E-state index contributed by atoms with van der Waals surface area (Å²) in [6.45, 7) is 2.71. The van der Waals surface area contributed by atoms with E-state index < -0.39 is 0 Å². The van der Waals surface area contributed by atoms with E-state index in [0.29, 0.717) is 12.2 Å². The zero-order valence-electron chi connectivity index (χ0n) is 10.4. The molecule has 0 fully saturated rings. The molecule has 1 aromatic carbocycles. The molecule has 0 saturated carbocycles. The zero-order valence-corrected chi connectivity index (χ0v) is 12.8. The number of anilines is 1. The van der Waals surface area contributed by atoms with Gasteiger partial charge in [-0.1, -0.05) is 22.9 Å². The molecule has 0 aliphatic carbocycles. The molecule has 4 nitrogen and oxygen atoms in total. The summed E-state index contributed by atoms with van der Waals surface area (Å²) in [6.07, 6.45) is 0.973. The maximum atomic E-state index is 11.0. The number of aryl methyl sites for hydroxylation is 1. The lowest BCUT2D eigenvalue weighted by Gasteiger charge is -2.07. The number of benzene rings is 1. The van der Waals surface area contributed by atoms with Crippen LogP contribution in [-0.2, 0) is 13.0 Å². The lowest BCUT2D eigenvalue weighted by Crippen LogP contribution is -2.02. The molecular formula is C13H13BrN2O2S. The molecule has 0 saturated heterocycles. The minimum absolute atomic E-state index is 0.0952. The van der Waals surface area contributed by atoms with E-state index in [1.807, 2.05) is 5.38 Å². The Morgan fingerprint density at radius 2 is 2.21 bits per heavy atom. The van der Waals surface area contributed by atoms with Gasteiger partial charge in [-0.3, -0.25) is 10.1 Å². The van der Waals surface area contributed by atoms with Gasteiger partial charge in [0.1, 0.15) is 5.69 Å². The number of thiophene rings is 1. The quantitative estimate of drug-likeness (QED) is 0.639. The van der Waals surface area contributed by atoms with E-state index in [9.17, 15) is 10.1 Å². The zero-order chi connectivity index (χ0) is 13.8. The van der Waals surface area contributed by atoms with E-state index >= 15 is 0 Å². The number of nitrogens with zero attached hydrogens (tertiary/aromatic N) is 1. The number of nitro groups is 1. The molecule has 0 bridgehead atoms. The van der Waals surface area contributed by atoms with Crippen LogP contribution in [0.3, 0.4) is 0 Å². The molecule has 1 heterocycles. The van der Waals surface area contributed by atoms with Gasteiger partial charge in [-0.05, 0) is 35.6 Å². The second kappa shape index (κ2) is 6.16. The van der Waals surface area contributed by atoms with Crippen LogP contribution in [0, 0.1) is 10.1 Å². The topological polar surface area (TPSA) is 55.2 Å². The van der Waals surface area contributed by atoms with Crippen LogP contribution in [0.15, 0.2) is 34.1 Å². The highest BCUT2D eigenvalue weighted by Gasteiger charge is 2.14. The third-order valence-electron chi connectivity index (χ3n) is 2.81. The molecule has 0 atom stereocenters. The average molecular weight is 341 g/mol. The van der Waals surface area contributed by atoms with E-state index in [0.717, 1.165) is 10.9 Å². The largest absolute Gasteiger partial charge is 0.375 e. The number of rotatable bonds is 5. The van der Waals surface area contributed by atoms with Crippen molar-refractivity contribution >= 4 is 38.6 Å². The summed E-state index contributed by atoms with van der Waals surface area (Å²) in [7, 11) is 0. The van der Waals surface area contributed by atoms with Crippen LogP contribution < -0.4 is 5.32 Å². The van der Waals surface area contributed by atoms with E-state index in [-0.39, 0.29) is 10.6 Å². The third-order valence-corrected chi connectivity index (χ3v) is 4.27. The molecule has 0 spiro atoms. The van der Waals surface area contributed by atoms with Crippen molar-refractivity contribution in [3.8, 4) is 0 Å². The first-order valence-electron chi connectivity index (χ1n) is 5.85. The van der Waals surface area contributed by atoms with Crippen molar-refractivity contribution in [3.05, 3.63) is 54.7 Å². The predicted molar refractivity (Wildman–Crippen MR) is 81.8 cm³/mol. The highest BCUT2D eigenvalue weighted by molar-refractivity contribution is 9.10. The van der Waals surface area contributed by atoms with Gasteiger partial charge in [0.25, 0.3) is 5.69 Å². The Morgan fingerprint density at radius 1 is 1.42 bits per heavy atom. The van der Waals surface area contributed by atoms with Crippen LogP contribution in [0.5, 0.6) is 0 Å². The fourth-order valence-electron chi connectivity index (χ4n) is 1.82. The third kappa shape index (κ3) is 3.33. The first kappa shape index (κ1) is 14.0. The van der Waals surface area contributed by atoms with Crippen molar-refractivity contribution in [2.45, 2.75) is 19.9 Å². The molecule has 2 rings (SSSR count). The van der Waals surface area contributed by atoms with Gasteiger partial charge >= 0.3 is 0 Å². The second-order valence-electron chi connectivity index (χ2n) is 3.99. The summed E-state index contributed by atoms with van der Waals surface area (Å²) >= 11 is 5.00. The van der Waals surface area contributed by atoms with Crippen LogP contribution in [-0.4, -0.2) is 4.92 Å². The first-order valence-corrected chi connectivity index (χ1v) is 7.52. The lowest BCUT2D eigenvalue weighted by atomic mass is 10.2. The van der Waals surface area contributed by atoms with E-state index in [4.69, 9.17) is 0 Å². The summed E-state index contributed by atoms with van der Waals surface area (Å²) in [5.41, 5.74) is 1.92. The van der Waals surface area contributed by atoms with Crippen molar-refractivity contribution in [1.29, 1.82) is 0 Å². The van der Waals surface area contributed by atoms with Crippen molar-refractivity contribution in [3.63, 3.8) is 0 Å². The minimum Gasteiger partial charge on any atom is -0.375 e. The number of hydrogen-bond acceptors (Lipinski definition) is 4. The van der Waals surface area contributed by atoms with Gasteiger partial charge in [0.05, 0.1) is 4.92 Å². The molecule has 100 valence electrons. The summed E-state index contributed by atoms with van der Waals surface area (Å²) in [5, 5.41) is 16.2. The smallest absolute Gasteiger partial charge is 0.292 e. The van der Waals surface area contributed by atoms with Crippen LogP contribution in [0.2, 0.25) is 0 Å². The number of nitro benzene ring substituents is 1.